The van der Waals surface area contributed by atoms with Gasteiger partial charge in [0.15, 0.2) is 3.79 Å². The molecule has 0 aliphatic rings. The van der Waals surface area contributed by atoms with Crippen molar-refractivity contribution in [2.24, 2.45) is 0 Å². The van der Waals surface area contributed by atoms with Crippen molar-refractivity contribution in [3.8, 4) is 0 Å². The second kappa shape index (κ2) is 5.38. The van der Waals surface area contributed by atoms with Crippen LogP contribution in [0.15, 0.2) is 0 Å². The second-order valence-electron chi connectivity index (χ2n) is 2.31. The van der Waals surface area contributed by atoms with Gasteiger partial charge in [0.25, 0.3) is 0 Å². The van der Waals surface area contributed by atoms with Crippen molar-refractivity contribution < 1.29 is 9.90 Å². The maximum atomic E-state index is 10.2. The van der Waals surface area contributed by atoms with Gasteiger partial charge in [0.05, 0.1) is 0 Å². The Hall–Kier alpha value is 0.630. The molecule has 0 aliphatic carbocycles. The van der Waals surface area contributed by atoms with Gasteiger partial charge in [-0.05, 0) is 19.3 Å². The molecule has 6 heteroatoms. The average Bonchev–Trinajstić information content (AvgIpc) is 1.84. The van der Waals surface area contributed by atoms with E-state index in [2.05, 4.69) is 0 Å². The summed E-state index contributed by atoms with van der Waals surface area (Å²) in [4.78, 5) is 10.2. The Morgan fingerprint density at radius 3 is 2.25 bits per heavy atom. The molecular formula is C6H8Cl4O2. The summed E-state index contributed by atoms with van der Waals surface area (Å²) >= 11 is 21.7. The summed E-state index contributed by atoms with van der Waals surface area (Å²) in [7, 11) is 0. The van der Waals surface area contributed by atoms with Crippen LogP contribution in [0.4, 0.5) is 0 Å². The van der Waals surface area contributed by atoms with Crippen LogP contribution in [-0.2, 0) is 4.79 Å². The molecule has 0 aromatic carbocycles. The smallest absolute Gasteiger partial charge is 0.321 e. The molecule has 0 radical (unpaired) electrons. The first-order chi connectivity index (χ1) is 5.33. The van der Waals surface area contributed by atoms with Gasteiger partial charge in [0, 0.05) is 0 Å². The van der Waals surface area contributed by atoms with Crippen LogP contribution in [0.25, 0.3) is 0 Å². The predicted octanol–water partition coefficient (Wildman–Crippen LogP) is 3.22. The zero-order valence-corrected chi connectivity index (χ0v) is 9.09. The van der Waals surface area contributed by atoms with Gasteiger partial charge in [-0.15, -0.1) is 11.6 Å². The highest BCUT2D eigenvalue weighted by atomic mass is 35.6. The first kappa shape index (κ1) is 12.6. The molecule has 0 spiro atoms. The highest BCUT2D eigenvalue weighted by Gasteiger charge is 2.21. The van der Waals surface area contributed by atoms with Crippen LogP contribution in [0.1, 0.15) is 19.3 Å². The van der Waals surface area contributed by atoms with E-state index in [0.717, 1.165) is 0 Å². The molecule has 0 rings (SSSR count). The minimum Gasteiger partial charge on any atom is -0.480 e. The maximum absolute atomic E-state index is 10.2. The molecule has 12 heavy (non-hydrogen) atoms. The van der Waals surface area contributed by atoms with Gasteiger partial charge in [-0.25, -0.2) is 0 Å². The number of carboxylic acid groups (broad SMARTS) is 1. The van der Waals surface area contributed by atoms with Crippen molar-refractivity contribution >= 4 is 52.4 Å². The number of alkyl halides is 4. The molecule has 0 saturated carbocycles. The molecular weight excluding hydrogens is 246 g/mol. The molecule has 1 unspecified atom stereocenters. The number of carboxylic acids is 1. The fourth-order valence-electron chi connectivity index (χ4n) is 0.605. The third kappa shape index (κ3) is 7.29. The fraction of sp³-hybridized carbons (Fsp3) is 0.833. The molecule has 72 valence electrons. The SMILES string of the molecule is O=C(O)C(Cl)CCCC(Cl)(Cl)Cl. The van der Waals surface area contributed by atoms with Crippen molar-refractivity contribution in [2.75, 3.05) is 0 Å². The predicted molar refractivity (Wildman–Crippen MR) is 51.4 cm³/mol. The minimum atomic E-state index is -1.31. The summed E-state index contributed by atoms with van der Waals surface area (Å²) in [6, 6.07) is 0. The minimum absolute atomic E-state index is 0.310. The lowest BCUT2D eigenvalue weighted by molar-refractivity contribution is -0.136. The largest absolute Gasteiger partial charge is 0.480 e. The molecule has 0 amide bonds. The number of aliphatic carboxylic acids is 1. The Kier molecular flexibility index (Phi) is 5.66. The Balaban J connectivity index is 3.51. The summed E-state index contributed by atoms with van der Waals surface area (Å²) in [5, 5.41) is 7.49. The van der Waals surface area contributed by atoms with E-state index in [-0.39, 0.29) is 0 Å². The number of hydrogen-bond donors (Lipinski definition) is 1. The lowest BCUT2D eigenvalue weighted by atomic mass is 10.2. The number of hydrogen-bond acceptors (Lipinski definition) is 1. The molecule has 1 N–H and O–H groups in total. The van der Waals surface area contributed by atoms with E-state index in [1.54, 1.807) is 0 Å². The van der Waals surface area contributed by atoms with E-state index in [0.29, 0.717) is 19.3 Å². The van der Waals surface area contributed by atoms with E-state index >= 15 is 0 Å². The molecule has 0 heterocycles. The zero-order chi connectivity index (χ0) is 9.78. The lowest BCUT2D eigenvalue weighted by Crippen LogP contribution is -2.14. The summed E-state index contributed by atoms with van der Waals surface area (Å²) in [5.41, 5.74) is 0. The quantitative estimate of drug-likeness (QED) is 0.782. The summed E-state index contributed by atoms with van der Waals surface area (Å²) < 4.78 is -1.31. The van der Waals surface area contributed by atoms with Crippen LogP contribution >= 0.6 is 46.4 Å². The Morgan fingerprint density at radius 1 is 1.42 bits per heavy atom. The van der Waals surface area contributed by atoms with Crippen molar-refractivity contribution in [2.45, 2.75) is 28.4 Å². The first-order valence-corrected chi connectivity index (χ1v) is 4.83. The van der Waals surface area contributed by atoms with Crippen LogP contribution in [-0.4, -0.2) is 20.2 Å². The van der Waals surface area contributed by atoms with E-state index in [4.69, 9.17) is 51.5 Å². The van der Waals surface area contributed by atoms with Crippen LogP contribution in [0.2, 0.25) is 0 Å². The molecule has 0 aromatic rings. The Morgan fingerprint density at radius 2 is 1.92 bits per heavy atom. The van der Waals surface area contributed by atoms with Crippen molar-refractivity contribution in [3.63, 3.8) is 0 Å². The van der Waals surface area contributed by atoms with Gasteiger partial charge in [-0.2, -0.15) is 0 Å². The van der Waals surface area contributed by atoms with Crippen LogP contribution < -0.4 is 0 Å². The number of rotatable bonds is 4. The standard InChI is InChI=1S/C6H8Cl4O2/c7-4(5(11)12)2-1-3-6(8,9)10/h4H,1-3H2,(H,11,12). The van der Waals surface area contributed by atoms with Gasteiger partial charge < -0.3 is 5.11 Å². The van der Waals surface area contributed by atoms with E-state index in [1.807, 2.05) is 0 Å². The summed E-state index contributed by atoms with van der Waals surface area (Å²) in [5.74, 6) is -1.04. The highest BCUT2D eigenvalue weighted by molar-refractivity contribution is 6.67. The molecule has 1 atom stereocenters. The van der Waals surface area contributed by atoms with E-state index in [9.17, 15) is 4.79 Å². The Labute approximate surface area is 90.7 Å². The maximum Gasteiger partial charge on any atom is 0.321 e. The second-order valence-corrected chi connectivity index (χ2v) is 5.36. The van der Waals surface area contributed by atoms with Gasteiger partial charge in [-0.3, -0.25) is 4.79 Å². The van der Waals surface area contributed by atoms with Gasteiger partial charge in [-0.1, -0.05) is 34.8 Å². The van der Waals surface area contributed by atoms with Gasteiger partial charge in [0.1, 0.15) is 5.38 Å². The summed E-state index contributed by atoms with van der Waals surface area (Å²) in [6.07, 6.45) is 1.11. The monoisotopic (exact) mass is 252 g/mol. The molecule has 0 aromatic heterocycles. The molecule has 0 fully saturated rings. The number of halogens is 4. The molecule has 2 nitrogen and oxygen atoms in total. The summed E-state index contributed by atoms with van der Waals surface area (Å²) in [6.45, 7) is 0. The third-order valence-electron chi connectivity index (χ3n) is 1.19. The van der Waals surface area contributed by atoms with Crippen LogP contribution in [0, 0.1) is 0 Å². The highest BCUT2D eigenvalue weighted by Crippen LogP contribution is 2.32. The lowest BCUT2D eigenvalue weighted by Gasteiger charge is -2.10. The van der Waals surface area contributed by atoms with Crippen molar-refractivity contribution in [1.29, 1.82) is 0 Å². The van der Waals surface area contributed by atoms with Gasteiger partial charge in [0.2, 0.25) is 0 Å². The normalized spacial score (nSPS) is 14.3. The topological polar surface area (TPSA) is 37.3 Å². The van der Waals surface area contributed by atoms with Crippen LogP contribution in [0.3, 0.4) is 0 Å². The average molecular weight is 254 g/mol. The zero-order valence-electron chi connectivity index (χ0n) is 6.07. The van der Waals surface area contributed by atoms with E-state index < -0.39 is 15.1 Å². The third-order valence-corrected chi connectivity index (χ3v) is 2.16. The molecule has 0 saturated heterocycles. The molecule has 0 aliphatic heterocycles. The van der Waals surface area contributed by atoms with Crippen LogP contribution in [0.5, 0.6) is 0 Å². The van der Waals surface area contributed by atoms with Crippen molar-refractivity contribution in [1.82, 2.24) is 0 Å². The first-order valence-electron chi connectivity index (χ1n) is 3.26. The fourth-order valence-corrected chi connectivity index (χ4v) is 1.16. The van der Waals surface area contributed by atoms with E-state index in [1.165, 1.54) is 0 Å². The molecule has 0 bridgehead atoms. The van der Waals surface area contributed by atoms with Crippen molar-refractivity contribution in [3.05, 3.63) is 0 Å². The van der Waals surface area contributed by atoms with Gasteiger partial charge >= 0.3 is 5.97 Å². The Bertz CT molecular complexity index is 154. The number of carbonyl (C=O) groups is 1.